The molecule has 0 aliphatic rings. The number of rotatable bonds is 7. The van der Waals surface area contributed by atoms with Crippen molar-refractivity contribution >= 4 is 13.6 Å². The van der Waals surface area contributed by atoms with Crippen LogP contribution in [0.4, 0.5) is 0 Å². The summed E-state index contributed by atoms with van der Waals surface area (Å²) in [5.41, 5.74) is 5.20. The summed E-state index contributed by atoms with van der Waals surface area (Å²) in [5.74, 6) is 0.120. The molecule has 0 fully saturated rings. The van der Waals surface area contributed by atoms with Gasteiger partial charge in [-0.05, 0) is 26.5 Å². The lowest BCUT2D eigenvalue weighted by molar-refractivity contribution is -0.136. The summed E-state index contributed by atoms with van der Waals surface area (Å²) >= 11 is 0. The highest BCUT2D eigenvalue weighted by atomic mass is 31.2. The van der Waals surface area contributed by atoms with Crippen molar-refractivity contribution in [2.24, 2.45) is 5.73 Å². The van der Waals surface area contributed by atoms with E-state index in [9.17, 15) is 9.36 Å². The molecule has 0 heterocycles. The first kappa shape index (κ1) is 26.4. The van der Waals surface area contributed by atoms with E-state index in [1.165, 1.54) is 14.0 Å². The van der Waals surface area contributed by atoms with E-state index in [-0.39, 0.29) is 12.1 Å². The molecular weight excluding hydrogens is 317 g/mol. The van der Waals surface area contributed by atoms with Gasteiger partial charge in [0.25, 0.3) is 0 Å². The molecule has 7 heteroatoms. The smallest absolute Gasteiger partial charge is 0.325 e. The Kier molecular flexibility index (Phi) is 19.4. The highest BCUT2D eigenvalue weighted by Gasteiger charge is 2.09. The van der Waals surface area contributed by atoms with E-state index in [1.807, 2.05) is 13.8 Å². The van der Waals surface area contributed by atoms with Gasteiger partial charge in [0.05, 0.1) is 0 Å². The molecule has 0 atom stereocenters. The van der Waals surface area contributed by atoms with Crippen molar-refractivity contribution in [3.63, 3.8) is 0 Å². The number of hydrogen-bond acceptors (Lipinski definition) is 4. The Labute approximate surface area is 139 Å². The van der Waals surface area contributed by atoms with Gasteiger partial charge in [-0.1, -0.05) is 44.7 Å². The zero-order chi connectivity index (χ0) is 18.9. The van der Waals surface area contributed by atoms with Gasteiger partial charge in [-0.2, -0.15) is 0 Å². The summed E-state index contributed by atoms with van der Waals surface area (Å²) in [6, 6.07) is 0. The highest BCUT2D eigenvalue weighted by molar-refractivity contribution is 7.51. The van der Waals surface area contributed by atoms with Gasteiger partial charge in [-0.3, -0.25) is 9.36 Å². The van der Waals surface area contributed by atoms with E-state index in [0.29, 0.717) is 17.8 Å². The standard InChI is InChI=1S/C11H14O2.C4H11O3P.CH5N/c1-5-8-11(13-9(4)12)10(6-2)7-3;1-2-3-4-8(5,6)7;1-2/h5-8H,2-3H2,1,4H3;2-4H2,1H3,(H2,5,6,7);2H2,1H3/b8-5-;;. The Morgan fingerprint density at radius 3 is 1.96 bits per heavy atom. The van der Waals surface area contributed by atoms with E-state index >= 15 is 0 Å². The van der Waals surface area contributed by atoms with Crippen molar-refractivity contribution in [1.82, 2.24) is 0 Å². The second-order valence-electron chi connectivity index (χ2n) is 4.06. The van der Waals surface area contributed by atoms with Gasteiger partial charge in [-0.25, -0.2) is 0 Å². The van der Waals surface area contributed by atoms with Crippen LogP contribution in [0.15, 0.2) is 48.8 Å². The minimum Gasteiger partial charge on any atom is -0.426 e. The molecule has 0 aliphatic carbocycles. The molecule has 0 unspecified atom stereocenters. The SMILES string of the molecule is C=CC(C=C)=C(/C=C\C)OC(C)=O.CCCCP(=O)(O)O.CN. The summed E-state index contributed by atoms with van der Waals surface area (Å²) < 4.78 is 15.0. The number of unbranched alkanes of at least 4 members (excludes halogenated alkanes) is 1. The maximum Gasteiger partial charge on any atom is 0.325 e. The maximum atomic E-state index is 10.7. The highest BCUT2D eigenvalue weighted by Crippen LogP contribution is 2.35. The first-order valence-corrected chi connectivity index (χ1v) is 8.94. The number of carbonyl (C=O) groups excluding carboxylic acids is 1. The molecule has 0 saturated carbocycles. The minimum atomic E-state index is -3.68. The van der Waals surface area contributed by atoms with Gasteiger partial charge in [-0.15, -0.1) is 0 Å². The van der Waals surface area contributed by atoms with Crippen LogP contribution in [0.25, 0.3) is 0 Å². The molecule has 0 saturated heterocycles. The van der Waals surface area contributed by atoms with E-state index < -0.39 is 7.60 Å². The van der Waals surface area contributed by atoms with Crippen LogP contribution in [0.2, 0.25) is 0 Å². The minimum absolute atomic E-state index is 0.0312. The van der Waals surface area contributed by atoms with Crippen molar-refractivity contribution in [1.29, 1.82) is 0 Å². The van der Waals surface area contributed by atoms with Gasteiger partial charge in [0.15, 0.2) is 0 Å². The third-order valence-corrected chi connectivity index (χ3v) is 3.00. The molecule has 0 aromatic carbocycles. The van der Waals surface area contributed by atoms with Crippen LogP contribution in [0, 0.1) is 0 Å². The molecule has 0 aromatic heterocycles. The molecule has 4 N–H and O–H groups in total. The molecule has 0 aromatic rings. The predicted molar refractivity (Wildman–Crippen MR) is 95.9 cm³/mol. The Morgan fingerprint density at radius 2 is 1.74 bits per heavy atom. The van der Waals surface area contributed by atoms with Crippen molar-refractivity contribution in [3.8, 4) is 0 Å². The number of allylic oxidation sites excluding steroid dienone is 5. The lowest BCUT2D eigenvalue weighted by Gasteiger charge is -2.04. The van der Waals surface area contributed by atoms with Crippen molar-refractivity contribution < 1.29 is 23.9 Å². The zero-order valence-corrected chi connectivity index (χ0v) is 15.4. The number of nitrogens with two attached hydrogens (primary N) is 1. The fraction of sp³-hybridized carbons (Fsp3) is 0.438. The summed E-state index contributed by atoms with van der Waals surface area (Å²) in [6.07, 6.45) is 8.14. The van der Waals surface area contributed by atoms with Crippen LogP contribution < -0.4 is 5.73 Å². The molecule has 0 aliphatic heterocycles. The molecule has 134 valence electrons. The molecule has 23 heavy (non-hydrogen) atoms. The van der Waals surface area contributed by atoms with Gasteiger partial charge >= 0.3 is 13.6 Å². The third kappa shape index (κ3) is 20.5. The average Bonchev–Trinajstić information content (AvgIpc) is 2.48. The Balaban J connectivity index is -0.000000343. The van der Waals surface area contributed by atoms with E-state index in [1.54, 1.807) is 24.3 Å². The van der Waals surface area contributed by atoms with Crippen LogP contribution in [-0.2, 0) is 14.1 Å². The van der Waals surface area contributed by atoms with Crippen molar-refractivity contribution in [2.75, 3.05) is 13.2 Å². The Hall–Kier alpha value is -1.46. The summed E-state index contributed by atoms with van der Waals surface area (Å²) in [6.45, 7) is 12.3. The van der Waals surface area contributed by atoms with Crippen LogP contribution in [-0.4, -0.2) is 29.0 Å². The van der Waals surface area contributed by atoms with E-state index in [0.717, 1.165) is 6.42 Å². The van der Waals surface area contributed by atoms with Gasteiger partial charge in [0.1, 0.15) is 5.76 Å². The largest absolute Gasteiger partial charge is 0.426 e. The number of hydrogen-bond donors (Lipinski definition) is 3. The second-order valence-corrected chi connectivity index (χ2v) is 5.84. The van der Waals surface area contributed by atoms with E-state index in [2.05, 4.69) is 18.9 Å². The topological polar surface area (TPSA) is 110 Å². The lowest BCUT2D eigenvalue weighted by Crippen LogP contribution is -1.98. The van der Waals surface area contributed by atoms with Crippen molar-refractivity contribution in [2.45, 2.75) is 33.6 Å². The van der Waals surface area contributed by atoms with Gasteiger partial charge < -0.3 is 20.3 Å². The maximum absolute atomic E-state index is 10.7. The Morgan fingerprint density at radius 1 is 1.26 bits per heavy atom. The quantitative estimate of drug-likeness (QED) is 0.282. The summed E-state index contributed by atoms with van der Waals surface area (Å²) in [7, 11) is -2.18. The zero-order valence-electron chi connectivity index (χ0n) is 14.5. The molecule has 0 radical (unpaired) electrons. The van der Waals surface area contributed by atoms with Crippen LogP contribution in [0.1, 0.15) is 33.6 Å². The molecule has 0 spiro atoms. The third-order valence-electron chi connectivity index (χ3n) is 2.10. The first-order chi connectivity index (χ1) is 10.7. The number of esters is 1. The summed E-state index contributed by atoms with van der Waals surface area (Å²) in [5, 5.41) is 0. The molecule has 0 rings (SSSR count). The predicted octanol–water partition coefficient (Wildman–Crippen LogP) is 3.29. The van der Waals surface area contributed by atoms with Gasteiger partial charge in [0, 0.05) is 18.7 Å². The normalized spacial score (nSPS) is 9.70. The number of ether oxygens (including phenoxy) is 1. The van der Waals surface area contributed by atoms with Gasteiger partial charge in [0.2, 0.25) is 0 Å². The fourth-order valence-corrected chi connectivity index (χ4v) is 1.87. The van der Waals surface area contributed by atoms with Crippen LogP contribution in [0.3, 0.4) is 0 Å². The van der Waals surface area contributed by atoms with E-state index in [4.69, 9.17) is 14.5 Å². The average molecular weight is 347 g/mol. The summed E-state index contributed by atoms with van der Waals surface area (Å²) in [4.78, 5) is 27.2. The second kappa shape index (κ2) is 16.9. The fourth-order valence-electron chi connectivity index (χ4n) is 1.14. The van der Waals surface area contributed by atoms with Crippen molar-refractivity contribution in [3.05, 3.63) is 48.8 Å². The molecular formula is C16H30NO5P. The van der Waals surface area contributed by atoms with Crippen LogP contribution in [0.5, 0.6) is 0 Å². The molecule has 0 amide bonds. The van der Waals surface area contributed by atoms with Crippen LogP contribution >= 0.6 is 7.60 Å². The first-order valence-electron chi connectivity index (χ1n) is 7.14. The lowest BCUT2D eigenvalue weighted by atomic mass is 10.2. The Bertz CT molecular complexity index is 439. The monoisotopic (exact) mass is 347 g/mol. The number of carbonyl (C=O) groups is 1. The molecule has 6 nitrogen and oxygen atoms in total. The molecule has 0 bridgehead atoms.